The third kappa shape index (κ3) is 2.83. The van der Waals surface area contributed by atoms with E-state index in [1.54, 1.807) is 0 Å². The Hall–Kier alpha value is -1.72. The molecule has 1 fully saturated rings. The molecule has 1 saturated heterocycles. The zero-order chi connectivity index (χ0) is 13.1. The zero-order valence-electron chi connectivity index (χ0n) is 10.9. The van der Waals surface area contributed by atoms with Crippen LogP contribution in [0, 0.1) is 6.92 Å². The minimum atomic E-state index is -0.0943. The van der Waals surface area contributed by atoms with Crippen molar-refractivity contribution in [3.8, 4) is 0 Å². The van der Waals surface area contributed by atoms with Crippen LogP contribution in [0.15, 0.2) is 28.8 Å². The summed E-state index contributed by atoms with van der Waals surface area (Å²) >= 11 is 0. The van der Waals surface area contributed by atoms with Crippen LogP contribution in [-0.2, 0) is 11.2 Å². The summed E-state index contributed by atoms with van der Waals surface area (Å²) in [7, 11) is 0. The van der Waals surface area contributed by atoms with Crippen molar-refractivity contribution < 1.29 is 9.26 Å². The van der Waals surface area contributed by atoms with Crippen molar-refractivity contribution in [1.29, 1.82) is 0 Å². The summed E-state index contributed by atoms with van der Waals surface area (Å²) in [6.45, 7) is 4.39. The highest BCUT2D eigenvalue weighted by atomic mass is 16.5. The predicted molar refractivity (Wildman–Crippen MR) is 69.8 cm³/mol. The minimum absolute atomic E-state index is 0.0943. The van der Waals surface area contributed by atoms with Gasteiger partial charge in [-0.3, -0.25) is 0 Å². The van der Waals surface area contributed by atoms with Crippen molar-refractivity contribution >= 4 is 0 Å². The van der Waals surface area contributed by atoms with Crippen molar-refractivity contribution in [2.45, 2.75) is 19.4 Å². The second kappa shape index (κ2) is 5.50. The van der Waals surface area contributed by atoms with E-state index in [0.717, 1.165) is 13.1 Å². The Kier molecular flexibility index (Phi) is 3.57. The van der Waals surface area contributed by atoms with Gasteiger partial charge in [-0.15, -0.1) is 0 Å². The van der Waals surface area contributed by atoms with E-state index < -0.39 is 0 Å². The SMILES string of the molecule is Cc1ccccc1Cc1nc(C2CNCCO2)no1. The first-order chi connectivity index (χ1) is 9.33. The third-order valence-electron chi connectivity index (χ3n) is 3.30. The van der Waals surface area contributed by atoms with Gasteiger partial charge in [0.1, 0.15) is 6.10 Å². The number of benzene rings is 1. The highest BCUT2D eigenvalue weighted by Gasteiger charge is 2.21. The molecule has 0 saturated carbocycles. The maximum Gasteiger partial charge on any atom is 0.231 e. The van der Waals surface area contributed by atoms with Crippen molar-refractivity contribution in [2.75, 3.05) is 19.7 Å². The Labute approximate surface area is 112 Å². The van der Waals surface area contributed by atoms with Gasteiger partial charge in [-0.25, -0.2) is 0 Å². The number of morpholine rings is 1. The summed E-state index contributed by atoms with van der Waals surface area (Å²) in [6, 6.07) is 8.21. The van der Waals surface area contributed by atoms with Gasteiger partial charge >= 0.3 is 0 Å². The molecule has 0 amide bonds. The molecule has 1 aliphatic heterocycles. The zero-order valence-corrected chi connectivity index (χ0v) is 10.9. The molecule has 0 bridgehead atoms. The van der Waals surface area contributed by atoms with E-state index in [-0.39, 0.29) is 6.10 Å². The summed E-state index contributed by atoms with van der Waals surface area (Å²) in [5, 5.41) is 7.27. The quantitative estimate of drug-likeness (QED) is 0.907. The van der Waals surface area contributed by atoms with Crippen LogP contribution in [0.3, 0.4) is 0 Å². The van der Waals surface area contributed by atoms with Crippen LogP contribution in [0.5, 0.6) is 0 Å². The van der Waals surface area contributed by atoms with E-state index in [1.165, 1.54) is 11.1 Å². The maximum absolute atomic E-state index is 5.60. The fraction of sp³-hybridized carbons (Fsp3) is 0.429. The van der Waals surface area contributed by atoms with Gasteiger partial charge < -0.3 is 14.6 Å². The van der Waals surface area contributed by atoms with Crippen LogP contribution in [0.4, 0.5) is 0 Å². The molecule has 0 radical (unpaired) electrons. The average Bonchev–Trinajstić information content (AvgIpc) is 2.91. The van der Waals surface area contributed by atoms with E-state index >= 15 is 0 Å². The Morgan fingerprint density at radius 3 is 3.05 bits per heavy atom. The van der Waals surface area contributed by atoms with Crippen molar-refractivity contribution in [1.82, 2.24) is 15.5 Å². The van der Waals surface area contributed by atoms with Crippen LogP contribution in [0.2, 0.25) is 0 Å². The lowest BCUT2D eigenvalue weighted by Crippen LogP contribution is -2.33. The Bertz CT molecular complexity index is 547. The number of aryl methyl sites for hydroxylation is 1. The van der Waals surface area contributed by atoms with E-state index in [4.69, 9.17) is 9.26 Å². The summed E-state index contributed by atoms with van der Waals surface area (Å²) in [5.41, 5.74) is 2.44. The third-order valence-corrected chi connectivity index (χ3v) is 3.30. The molecule has 1 unspecified atom stereocenters. The summed E-state index contributed by atoms with van der Waals surface area (Å²) < 4.78 is 10.9. The van der Waals surface area contributed by atoms with Gasteiger partial charge in [0.2, 0.25) is 11.7 Å². The Balaban J connectivity index is 1.73. The molecule has 3 rings (SSSR count). The van der Waals surface area contributed by atoms with Gasteiger partial charge in [0.15, 0.2) is 0 Å². The molecule has 100 valence electrons. The Morgan fingerprint density at radius 2 is 2.26 bits per heavy atom. The fourth-order valence-electron chi connectivity index (χ4n) is 2.17. The van der Waals surface area contributed by atoms with Gasteiger partial charge in [-0.2, -0.15) is 4.98 Å². The van der Waals surface area contributed by atoms with E-state index in [9.17, 15) is 0 Å². The molecule has 2 heterocycles. The predicted octanol–water partition coefficient (Wildman–Crippen LogP) is 1.63. The molecule has 1 atom stereocenters. The van der Waals surface area contributed by atoms with Crippen LogP contribution >= 0.6 is 0 Å². The Morgan fingerprint density at radius 1 is 1.37 bits per heavy atom. The molecule has 0 spiro atoms. The molecule has 1 aliphatic rings. The highest BCUT2D eigenvalue weighted by Crippen LogP contribution is 2.17. The summed E-state index contributed by atoms with van der Waals surface area (Å²) in [5.74, 6) is 1.27. The maximum atomic E-state index is 5.60. The molecule has 1 aromatic carbocycles. The first-order valence-electron chi connectivity index (χ1n) is 6.52. The normalized spacial score (nSPS) is 19.5. The number of hydrogen-bond acceptors (Lipinski definition) is 5. The van der Waals surface area contributed by atoms with E-state index in [1.807, 2.05) is 12.1 Å². The summed E-state index contributed by atoms with van der Waals surface area (Å²) in [4.78, 5) is 4.43. The van der Waals surface area contributed by atoms with Crippen LogP contribution in [0.25, 0.3) is 0 Å². The van der Waals surface area contributed by atoms with Gasteiger partial charge in [0.25, 0.3) is 0 Å². The molecule has 5 heteroatoms. The van der Waals surface area contributed by atoms with Gasteiger partial charge in [-0.05, 0) is 18.1 Å². The van der Waals surface area contributed by atoms with Crippen LogP contribution in [-0.4, -0.2) is 29.8 Å². The number of rotatable bonds is 3. The molecule has 0 aliphatic carbocycles. The second-order valence-electron chi connectivity index (χ2n) is 4.71. The lowest BCUT2D eigenvalue weighted by molar-refractivity contribution is 0.0208. The van der Waals surface area contributed by atoms with E-state index in [0.29, 0.717) is 24.7 Å². The van der Waals surface area contributed by atoms with Gasteiger partial charge in [0, 0.05) is 13.1 Å². The summed E-state index contributed by atoms with van der Waals surface area (Å²) in [6.07, 6.45) is 0.572. The van der Waals surface area contributed by atoms with Crippen LogP contribution in [0.1, 0.15) is 28.9 Å². The molecule has 1 aromatic heterocycles. The first-order valence-corrected chi connectivity index (χ1v) is 6.52. The van der Waals surface area contributed by atoms with Gasteiger partial charge in [-0.1, -0.05) is 29.4 Å². The van der Waals surface area contributed by atoms with Crippen LogP contribution < -0.4 is 5.32 Å². The molecular formula is C14H17N3O2. The number of nitrogens with one attached hydrogen (secondary N) is 1. The van der Waals surface area contributed by atoms with E-state index in [2.05, 4.69) is 34.5 Å². The van der Waals surface area contributed by atoms with Crippen molar-refractivity contribution in [3.05, 3.63) is 47.1 Å². The number of aromatic nitrogens is 2. The lowest BCUT2D eigenvalue weighted by Gasteiger charge is -2.20. The fourth-order valence-corrected chi connectivity index (χ4v) is 2.17. The highest BCUT2D eigenvalue weighted by molar-refractivity contribution is 5.27. The number of nitrogens with zero attached hydrogens (tertiary/aromatic N) is 2. The lowest BCUT2D eigenvalue weighted by atomic mass is 10.1. The molecule has 2 aromatic rings. The van der Waals surface area contributed by atoms with Crippen molar-refractivity contribution in [2.24, 2.45) is 0 Å². The first kappa shape index (κ1) is 12.3. The average molecular weight is 259 g/mol. The molecular weight excluding hydrogens is 242 g/mol. The topological polar surface area (TPSA) is 60.2 Å². The molecule has 1 N–H and O–H groups in total. The monoisotopic (exact) mass is 259 g/mol. The molecule has 5 nitrogen and oxygen atoms in total. The largest absolute Gasteiger partial charge is 0.367 e. The second-order valence-corrected chi connectivity index (χ2v) is 4.71. The van der Waals surface area contributed by atoms with Crippen molar-refractivity contribution in [3.63, 3.8) is 0 Å². The number of hydrogen-bond donors (Lipinski definition) is 1. The smallest absolute Gasteiger partial charge is 0.231 e. The minimum Gasteiger partial charge on any atom is -0.367 e. The number of ether oxygens (including phenoxy) is 1. The standard InChI is InChI=1S/C14H17N3O2/c1-10-4-2-3-5-11(10)8-13-16-14(17-19-13)12-9-15-6-7-18-12/h2-5,12,15H,6-9H2,1H3. The van der Waals surface area contributed by atoms with Gasteiger partial charge in [0.05, 0.1) is 13.0 Å². The molecule has 19 heavy (non-hydrogen) atoms.